The van der Waals surface area contributed by atoms with Crippen molar-refractivity contribution in [2.24, 2.45) is 0 Å². The zero-order chi connectivity index (χ0) is 18.2. The Bertz CT molecular complexity index is 1070. The second-order valence-electron chi connectivity index (χ2n) is 6.81. The third-order valence-electron chi connectivity index (χ3n) is 4.99. The molecule has 27 heavy (non-hydrogen) atoms. The van der Waals surface area contributed by atoms with Gasteiger partial charge < -0.3 is 9.51 Å². The molecule has 6 nitrogen and oxygen atoms in total. The van der Waals surface area contributed by atoms with Crippen molar-refractivity contribution in [3.05, 3.63) is 66.1 Å². The molecule has 1 fully saturated rings. The van der Waals surface area contributed by atoms with Crippen molar-refractivity contribution in [1.29, 1.82) is 0 Å². The molecule has 1 unspecified atom stereocenters. The lowest BCUT2D eigenvalue weighted by molar-refractivity contribution is 0.211. The Hall–Kier alpha value is -3.06. The summed E-state index contributed by atoms with van der Waals surface area (Å²) in [7, 11) is 0. The average molecular weight is 363 g/mol. The molecule has 5 rings (SSSR count). The van der Waals surface area contributed by atoms with Crippen molar-refractivity contribution in [3.63, 3.8) is 0 Å². The summed E-state index contributed by atoms with van der Waals surface area (Å²) >= 11 is 0. The maximum atomic E-state index is 13.4. The van der Waals surface area contributed by atoms with Crippen LogP contribution in [0, 0.1) is 5.82 Å². The van der Waals surface area contributed by atoms with Crippen LogP contribution in [0.2, 0.25) is 0 Å². The number of hydrogen-bond acceptors (Lipinski definition) is 5. The van der Waals surface area contributed by atoms with Crippen LogP contribution in [0.15, 0.2) is 53.2 Å². The van der Waals surface area contributed by atoms with E-state index in [9.17, 15) is 4.39 Å². The molecule has 1 aliphatic rings. The largest absolute Gasteiger partial charge is 0.359 e. The molecule has 7 heteroatoms. The SMILES string of the molecule is Fc1ccc2nc(C3CCCN3Cc3cc(-c4ccccn4)no3)[nH]c2c1. The lowest BCUT2D eigenvalue weighted by Crippen LogP contribution is -2.23. The van der Waals surface area contributed by atoms with Gasteiger partial charge in [-0.25, -0.2) is 9.37 Å². The molecule has 1 aromatic carbocycles. The van der Waals surface area contributed by atoms with Crippen molar-refractivity contribution >= 4 is 11.0 Å². The summed E-state index contributed by atoms with van der Waals surface area (Å²) in [4.78, 5) is 14.6. The number of benzene rings is 1. The van der Waals surface area contributed by atoms with Gasteiger partial charge in [-0.1, -0.05) is 11.2 Å². The topological polar surface area (TPSA) is 70.8 Å². The summed E-state index contributed by atoms with van der Waals surface area (Å²) in [6, 6.07) is 12.4. The van der Waals surface area contributed by atoms with E-state index in [1.54, 1.807) is 12.3 Å². The van der Waals surface area contributed by atoms with Crippen LogP contribution in [0.5, 0.6) is 0 Å². The van der Waals surface area contributed by atoms with E-state index in [0.717, 1.165) is 53.4 Å². The Morgan fingerprint density at radius 1 is 1.19 bits per heavy atom. The van der Waals surface area contributed by atoms with E-state index in [1.165, 1.54) is 12.1 Å². The van der Waals surface area contributed by atoms with E-state index in [1.807, 2.05) is 24.3 Å². The Labute approximate surface area is 155 Å². The Morgan fingerprint density at radius 2 is 2.15 bits per heavy atom. The van der Waals surface area contributed by atoms with Crippen molar-refractivity contribution in [1.82, 2.24) is 25.0 Å². The van der Waals surface area contributed by atoms with Gasteiger partial charge in [0, 0.05) is 12.3 Å². The van der Waals surface area contributed by atoms with E-state index >= 15 is 0 Å². The normalized spacial score (nSPS) is 17.7. The van der Waals surface area contributed by atoms with Crippen molar-refractivity contribution in [3.8, 4) is 11.4 Å². The number of fused-ring (bicyclic) bond motifs is 1. The van der Waals surface area contributed by atoms with Crippen molar-refractivity contribution < 1.29 is 8.91 Å². The number of hydrogen-bond donors (Lipinski definition) is 1. The number of likely N-dealkylation sites (tertiary alicyclic amines) is 1. The fraction of sp³-hybridized carbons (Fsp3) is 0.250. The zero-order valence-corrected chi connectivity index (χ0v) is 14.6. The summed E-state index contributed by atoms with van der Waals surface area (Å²) in [6.45, 7) is 1.60. The minimum absolute atomic E-state index is 0.156. The van der Waals surface area contributed by atoms with Gasteiger partial charge in [0.05, 0.1) is 29.3 Å². The number of imidazole rings is 1. The monoisotopic (exact) mass is 363 g/mol. The van der Waals surface area contributed by atoms with Gasteiger partial charge in [-0.05, 0) is 49.7 Å². The second-order valence-corrected chi connectivity index (χ2v) is 6.81. The molecule has 4 heterocycles. The van der Waals surface area contributed by atoms with Crippen LogP contribution < -0.4 is 0 Å². The summed E-state index contributed by atoms with van der Waals surface area (Å²) < 4.78 is 19.0. The highest BCUT2D eigenvalue weighted by Crippen LogP contribution is 2.33. The highest BCUT2D eigenvalue weighted by atomic mass is 19.1. The predicted octanol–water partition coefficient (Wildman–Crippen LogP) is 4.09. The van der Waals surface area contributed by atoms with Gasteiger partial charge in [0.25, 0.3) is 0 Å². The fourth-order valence-corrected chi connectivity index (χ4v) is 3.71. The van der Waals surface area contributed by atoms with Gasteiger partial charge in [0.15, 0.2) is 5.76 Å². The number of H-pyrrole nitrogens is 1. The number of nitrogens with one attached hydrogen (secondary N) is 1. The summed E-state index contributed by atoms with van der Waals surface area (Å²) in [5.41, 5.74) is 3.05. The highest BCUT2D eigenvalue weighted by molar-refractivity contribution is 5.75. The first-order valence-corrected chi connectivity index (χ1v) is 9.02. The minimum Gasteiger partial charge on any atom is -0.359 e. The number of nitrogens with zero attached hydrogens (tertiary/aromatic N) is 4. The molecule has 4 aromatic rings. The van der Waals surface area contributed by atoms with Gasteiger partial charge in [-0.3, -0.25) is 9.88 Å². The van der Waals surface area contributed by atoms with Gasteiger partial charge in [0.2, 0.25) is 0 Å². The number of aromatic amines is 1. The molecule has 136 valence electrons. The molecular formula is C20H18FN5O. The molecule has 0 aliphatic carbocycles. The average Bonchev–Trinajstić information content (AvgIpc) is 3.41. The molecule has 3 aromatic heterocycles. The summed E-state index contributed by atoms with van der Waals surface area (Å²) in [6.07, 6.45) is 3.82. The third-order valence-corrected chi connectivity index (χ3v) is 4.99. The lowest BCUT2D eigenvalue weighted by atomic mass is 10.2. The maximum absolute atomic E-state index is 13.4. The molecule has 1 aliphatic heterocycles. The molecule has 0 bridgehead atoms. The van der Waals surface area contributed by atoms with Crippen molar-refractivity contribution in [2.45, 2.75) is 25.4 Å². The van der Waals surface area contributed by atoms with Crippen LogP contribution in [0.25, 0.3) is 22.4 Å². The van der Waals surface area contributed by atoms with Crippen LogP contribution in [-0.4, -0.2) is 31.6 Å². The number of pyridine rings is 1. The molecule has 0 spiro atoms. The van der Waals surface area contributed by atoms with Gasteiger partial charge >= 0.3 is 0 Å². The van der Waals surface area contributed by atoms with Crippen LogP contribution in [0.3, 0.4) is 0 Å². The number of aromatic nitrogens is 4. The summed E-state index contributed by atoms with van der Waals surface area (Å²) in [5.74, 6) is 1.41. The first-order valence-electron chi connectivity index (χ1n) is 9.02. The lowest BCUT2D eigenvalue weighted by Gasteiger charge is -2.21. The molecule has 1 saturated heterocycles. The van der Waals surface area contributed by atoms with E-state index in [2.05, 4.69) is 25.0 Å². The second kappa shape index (κ2) is 6.59. The molecule has 1 N–H and O–H groups in total. The Kier molecular flexibility index (Phi) is 3.94. The number of halogens is 1. The first kappa shape index (κ1) is 16.1. The Balaban J connectivity index is 1.37. The summed E-state index contributed by atoms with van der Waals surface area (Å²) in [5, 5.41) is 4.14. The zero-order valence-electron chi connectivity index (χ0n) is 14.6. The maximum Gasteiger partial charge on any atom is 0.151 e. The van der Waals surface area contributed by atoms with E-state index in [-0.39, 0.29) is 11.9 Å². The molecule has 0 radical (unpaired) electrons. The molecule has 1 atom stereocenters. The van der Waals surface area contributed by atoms with E-state index in [4.69, 9.17) is 4.52 Å². The highest BCUT2D eigenvalue weighted by Gasteiger charge is 2.29. The Morgan fingerprint density at radius 3 is 3.04 bits per heavy atom. The number of rotatable bonds is 4. The predicted molar refractivity (Wildman–Crippen MR) is 98.2 cm³/mol. The van der Waals surface area contributed by atoms with Gasteiger partial charge in [-0.15, -0.1) is 0 Å². The van der Waals surface area contributed by atoms with Crippen LogP contribution >= 0.6 is 0 Å². The first-order chi connectivity index (χ1) is 13.3. The molecular weight excluding hydrogens is 345 g/mol. The van der Waals surface area contributed by atoms with Crippen molar-refractivity contribution in [2.75, 3.05) is 6.54 Å². The van der Waals surface area contributed by atoms with Crippen LogP contribution in [0.1, 0.15) is 30.5 Å². The van der Waals surface area contributed by atoms with Crippen LogP contribution in [0.4, 0.5) is 4.39 Å². The minimum atomic E-state index is -0.260. The van der Waals surface area contributed by atoms with Gasteiger partial charge in [-0.2, -0.15) is 0 Å². The van der Waals surface area contributed by atoms with E-state index in [0.29, 0.717) is 6.54 Å². The van der Waals surface area contributed by atoms with Crippen LogP contribution in [-0.2, 0) is 6.54 Å². The third kappa shape index (κ3) is 3.10. The quantitative estimate of drug-likeness (QED) is 0.591. The van der Waals surface area contributed by atoms with Gasteiger partial charge in [0.1, 0.15) is 17.3 Å². The fourth-order valence-electron chi connectivity index (χ4n) is 3.71. The molecule has 0 saturated carbocycles. The van der Waals surface area contributed by atoms with E-state index < -0.39 is 0 Å². The smallest absolute Gasteiger partial charge is 0.151 e. The standard InChI is InChI=1S/C20H18FN5O/c21-13-6-7-16-17(10-13)24-20(23-16)19-5-3-9-26(19)12-14-11-18(25-27-14)15-4-1-2-8-22-15/h1-2,4,6-8,10-11,19H,3,5,9,12H2,(H,23,24). The molecule has 0 amide bonds.